The highest BCUT2D eigenvalue weighted by molar-refractivity contribution is 6.30. The van der Waals surface area contributed by atoms with Gasteiger partial charge in [-0.3, -0.25) is 0 Å². The Morgan fingerprint density at radius 3 is 3.00 bits per heavy atom. The van der Waals surface area contributed by atoms with Gasteiger partial charge in [0.2, 0.25) is 0 Å². The summed E-state index contributed by atoms with van der Waals surface area (Å²) in [4.78, 5) is 0. The number of halogens is 1. The summed E-state index contributed by atoms with van der Waals surface area (Å²) in [6.07, 6.45) is 6.80. The van der Waals surface area contributed by atoms with Crippen molar-refractivity contribution in [2.75, 3.05) is 6.61 Å². The number of hydrogen-bond acceptors (Lipinski definition) is 2. The van der Waals surface area contributed by atoms with Crippen LogP contribution in [0.2, 0.25) is 5.02 Å². The molecule has 0 heterocycles. The van der Waals surface area contributed by atoms with Crippen LogP contribution in [0.15, 0.2) is 24.3 Å². The first-order chi connectivity index (χ1) is 7.72. The minimum Gasteiger partial charge on any atom is -0.491 e. The quantitative estimate of drug-likeness (QED) is 0.610. The molecule has 1 rings (SSSR count). The van der Waals surface area contributed by atoms with E-state index < -0.39 is 6.10 Å². The van der Waals surface area contributed by atoms with Crippen LogP contribution < -0.4 is 4.74 Å². The van der Waals surface area contributed by atoms with Gasteiger partial charge in [-0.05, 0) is 31.0 Å². The zero-order valence-corrected chi connectivity index (χ0v) is 9.78. The second kappa shape index (κ2) is 7.16. The fourth-order valence-electron chi connectivity index (χ4n) is 1.27. The van der Waals surface area contributed by atoms with Gasteiger partial charge < -0.3 is 9.84 Å². The summed E-state index contributed by atoms with van der Waals surface area (Å²) in [5, 5.41) is 10.2. The van der Waals surface area contributed by atoms with Crippen LogP contribution in [-0.2, 0) is 0 Å². The van der Waals surface area contributed by atoms with Gasteiger partial charge in [-0.1, -0.05) is 17.7 Å². The molecule has 0 fully saturated rings. The van der Waals surface area contributed by atoms with Gasteiger partial charge in [0.15, 0.2) is 0 Å². The van der Waals surface area contributed by atoms with Crippen LogP contribution in [-0.4, -0.2) is 17.8 Å². The summed E-state index contributed by atoms with van der Waals surface area (Å²) < 4.78 is 5.39. The lowest BCUT2D eigenvalue weighted by atomic mass is 10.2. The molecule has 1 N–H and O–H groups in total. The van der Waals surface area contributed by atoms with Gasteiger partial charge >= 0.3 is 0 Å². The van der Waals surface area contributed by atoms with Crippen molar-refractivity contribution >= 4 is 11.6 Å². The number of benzene rings is 1. The highest BCUT2D eigenvalue weighted by atomic mass is 35.5. The van der Waals surface area contributed by atoms with Crippen molar-refractivity contribution in [2.45, 2.75) is 25.4 Å². The third-order valence-corrected chi connectivity index (χ3v) is 2.33. The molecule has 1 aromatic rings. The minimum absolute atomic E-state index is 0.269. The van der Waals surface area contributed by atoms with E-state index in [-0.39, 0.29) is 6.61 Å². The SMILES string of the molecule is C#CCCCC(O)COc1cccc(Cl)c1. The topological polar surface area (TPSA) is 29.5 Å². The summed E-state index contributed by atoms with van der Waals surface area (Å²) in [7, 11) is 0. The molecular weight excluding hydrogens is 224 g/mol. The molecule has 0 amide bonds. The van der Waals surface area contributed by atoms with Gasteiger partial charge in [0, 0.05) is 11.4 Å². The average Bonchev–Trinajstić information content (AvgIpc) is 2.27. The van der Waals surface area contributed by atoms with E-state index in [4.69, 9.17) is 22.8 Å². The molecule has 86 valence electrons. The molecule has 0 spiro atoms. The van der Waals surface area contributed by atoms with Gasteiger partial charge in [-0.25, -0.2) is 0 Å². The van der Waals surface area contributed by atoms with E-state index in [1.54, 1.807) is 18.2 Å². The molecule has 3 heteroatoms. The van der Waals surface area contributed by atoms with Gasteiger partial charge in [0.05, 0.1) is 6.10 Å². The highest BCUT2D eigenvalue weighted by Crippen LogP contribution is 2.17. The van der Waals surface area contributed by atoms with Crippen molar-refractivity contribution in [1.29, 1.82) is 0 Å². The summed E-state index contributed by atoms with van der Waals surface area (Å²) in [5.74, 6) is 3.20. The van der Waals surface area contributed by atoms with Gasteiger partial charge in [0.1, 0.15) is 12.4 Å². The third-order valence-electron chi connectivity index (χ3n) is 2.10. The van der Waals surface area contributed by atoms with Crippen LogP contribution >= 0.6 is 11.6 Å². The maximum absolute atomic E-state index is 9.58. The summed E-state index contributed by atoms with van der Waals surface area (Å²) in [6, 6.07) is 7.11. The Morgan fingerprint density at radius 1 is 1.50 bits per heavy atom. The average molecular weight is 239 g/mol. The molecule has 0 bridgehead atoms. The van der Waals surface area contributed by atoms with Crippen molar-refractivity contribution < 1.29 is 9.84 Å². The first-order valence-corrected chi connectivity index (χ1v) is 5.60. The first-order valence-electron chi connectivity index (χ1n) is 5.22. The Bertz CT molecular complexity index is 357. The van der Waals surface area contributed by atoms with Crippen LogP contribution in [0, 0.1) is 12.3 Å². The Labute approximate surface area is 101 Å². The van der Waals surface area contributed by atoms with Crippen molar-refractivity contribution in [1.82, 2.24) is 0 Å². The van der Waals surface area contributed by atoms with E-state index in [0.29, 0.717) is 23.6 Å². The van der Waals surface area contributed by atoms with Gasteiger partial charge in [0.25, 0.3) is 0 Å². The van der Waals surface area contributed by atoms with Crippen molar-refractivity contribution in [3.8, 4) is 18.1 Å². The normalized spacial score (nSPS) is 11.8. The Hall–Kier alpha value is -1.17. The van der Waals surface area contributed by atoms with E-state index in [0.717, 1.165) is 6.42 Å². The lowest BCUT2D eigenvalue weighted by Gasteiger charge is -2.11. The van der Waals surface area contributed by atoms with Crippen LogP contribution in [0.25, 0.3) is 0 Å². The molecule has 0 aliphatic carbocycles. The molecule has 0 aliphatic heterocycles. The Kier molecular flexibility index (Phi) is 5.77. The largest absolute Gasteiger partial charge is 0.491 e. The second-order valence-electron chi connectivity index (χ2n) is 3.52. The Morgan fingerprint density at radius 2 is 2.31 bits per heavy atom. The number of rotatable bonds is 6. The molecule has 1 atom stereocenters. The fraction of sp³-hybridized carbons (Fsp3) is 0.385. The monoisotopic (exact) mass is 238 g/mol. The van der Waals surface area contributed by atoms with E-state index in [1.807, 2.05) is 6.07 Å². The van der Waals surface area contributed by atoms with Crippen LogP contribution in [0.5, 0.6) is 5.75 Å². The zero-order chi connectivity index (χ0) is 11.8. The van der Waals surface area contributed by atoms with E-state index in [2.05, 4.69) is 5.92 Å². The molecule has 1 aromatic carbocycles. The van der Waals surface area contributed by atoms with Crippen molar-refractivity contribution in [2.24, 2.45) is 0 Å². The fourth-order valence-corrected chi connectivity index (χ4v) is 1.45. The van der Waals surface area contributed by atoms with Crippen molar-refractivity contribution in [3.05, 3.63) is 29.3 Å². The van der Waals surface area contributed by atoms with Crippen LogP contribution in [0.3, 0.4) is 0 Å². The maximum Gasteiger partial charge on any atom is 0.120 e. The predicted octanol–water partition coefficient (Wildman–Crippen LogP) is 2.88. The van der Waals surface area contributed by atoms with Crippen LogP contribution in [0.1, 0.15) is 19.3 Å². The molecule has 0 radical (unpaired) electrons. The van der Waals surface area contributed by atoms with E-state index in [9.17, 15) is 5.11 Å². The van der Waals surface area contributed by atoms with E-state index in [1.165, 1.54) is 0 Å². The second-order valence-corrected chi connectivity index (χ2v) is 3.95. The Balaban J connectivity index is 2.26. The summed E-state index contributed by atoms with van der Waals surface area (Å²) in [5.41, 5.74) is 0. The molecule has 0 aliphatic rings. The molecule has 2 nitrogen and oxygen atoms in total. The number of terminal acetylenes is 1. The van der Waals surface area contributed by atoms with Crippen LogP contribution in [0.4, 0.5) is 0 Å². The standard InChI is InChI=1S/C13H15ClO2/c1-2-3-4-7-12(15)10-16-13-8-5-6-11(14)9-13/h1,5-6,8-9,12,15H,3-4,7,10H2. The lowest BCUT2D eigenvalue weighted by molar-refractivity contribution is 0.0985. The summed E-state index contributed by atoms with van der Waals surface area (Å²) >= 11 is 5.80. The molecule has 16 heavy (non-hydrogen) atoms. The van der Waals surface area contributed by atoms with Gasteiger partial charge in [-0.2, -0.15) is 0 Å². The summed E-state index contributed by atoms with van der Waals surface area (Å²) in [6.45, 7) is 0.269. The number of unbranched alkanes of at least 4 members (excludes halogenated alkanes) is 1. The number of hydrogen-bond donors (Lipinski definition) is 1. The highest BCUT2D eigenvalue weighted by Gasteiger charge is 2.04. The maximum atomic E-state index is 9.58. The number of aliphatic hydroxyl groups excluding tert-OH is 1. The molecule has 1 unspecified atom stereocenters. The molecule has 0 saturated carbocycles. The van der Waals surface area contributed by atoms with Gasteiger partial charge in [-0.15, -0.1) is 12.3 Å². The third kappa shape index (κ3) is 5.06. The van der Waals surface area contributed by atoms with Crippen molar-refractivity contribution in [3.63, 3.8) is 0 Å². The smallest absolute Gasteiger partial charge is 0.120 e. The first kappa shape index (κ1) is 12.9. The molecular formula is C13H15ClO2. The predicted molar refractivity (Wildman–Crippen MR) is 65.6 cm³/mol. The number of aliphatic hydroxyl groups is 1. The number of ether oxygens (including phenoxy) is 1. The molecule has 0 aromatic heterocycles. The minimum atomic E-state index is -0.479. The zero-order valence-electron chi connectivity index (χ0n) is 9.03. The van der Waals surface area contributed by atoms with E-state index >= 15 is 0 Å². The lowest BCUT2D eigenvalue weighted by Crippen LogP contribution is -2.17. The molecule has 0 saturated heterocycles.